The van der Waals surface area contributed by atoms with Crippen LogP contribution in [0.2, 0.25) is 0 Å². The second kappa shape index (κ2) is 7.61. The van der Waals surface area contributed by atoms with Crippen LogP contribution in [0, 0.1) is 11.3 Å². The topological polar surface area (TPSA) is 94.0 Å². The number of nitrogens with one attached hydrogen (secondary N) is 3. The Morgan fingerprint density at radius 3 is 2.26 bits per heavy atom. The van der Waals surface area contributed by atoms with E-state index in [0.29, 0.717) is 16.9 Å². The number of hydrogen-bond acceptors (Lipinski definition) is 4. The smallest absolute Gasteiger partial charge is 0.243 e. The van der Waals surface area contributed by atoms with Crippen molar-refractivity contribution in [2.45, 2.75) is 6.92 Å². The van der Waals surface area contributed by atoms with Crippen LogP contribution >= 0.6 is 0 Å². The normalized spacial score (nSPS) is 9.57. The van der Waals surface area contributed by atoms with Gasteiger partial charge in [-0.15, -0.1) is 0 Å². The Kier molecular flexibility index (Phi) is 5.31. The van der Waals surface area contributed by atoms with Crippen LogP contribution in [-0.4, -0.2) is 18.4 Å². The number of nitrogens with zero attached hydrogens (tertiary/aromatic N) is 1. The highest BCUT2D eigenvalue weighted by molar-refractivity contribution is 5.95. The van der Waals surface area contributed by atoms with Crippen molar-refractivity contribution >= 4 is 28.9 Å². The maximum atomic E-state index is 11.9. The van der Waals surface area contributed by atoms with Gasteiger partial charge < -0.3 is 16.0 Å². The van der Waals surface area contributed by atoms with Crippen molar-refractivity contribution in [1.29, 1.82) is 5.26 Å². The van der Waals surface area contributed by atoms with Gasteiger partial charge in [0.05, 0.1) is 18.2 Å². The number of carbonyl (C=O) groups excluding carboxylic acids is 2. The molecular weight excluding hydrogens is 292 g/mol. The molecule has 116 valence electrons. The zero-order valence-corrected chi connectivity index (χ0v) is 12.6. The molecule has 2 amide bonds. The monoisotopic (exact) mass is 308 g/mol. The average Bonchev–Trinajstić information content (AvgIpc) is 2.53. The molecule has 0 spiro atoms. The quantitative estimate of drug-likeness (QED) is 0.791. The van der Waals surface area contributed by atoms with Gasteiger partial charge in [-0.3, -0.25) is 9.59 Å². The largest absolute Gasteiger partial charge is 0.376 e. The molecule has 2 rings (SSSR count). The molecule has 0 heterocycles. The first-order chi connectivity index (χ1) is 11.1. The summed E-state index contributed by atoms with van der Waals surface area (Å²) in [6.07, 6.45) is 0. The Hall–Kier alpha value is -3.33. The molecule has 3 N–H and O–H groups in total. The summed E-state index contributed by atoms with van der Waals surface area (Å²) in [6.45, 7) is 1.52. The van der Waals surface area contributed by atoms with Gasteiger partial charge in [0.15, 0.2) is 0 Å². The van der Waals surface area contributed by atoms with Crippen molar-refractivity contribution < 1.29 is 9.59 Å². The fourth-order valence-electron chi connectivity index (χ4n) is 1.93. The molecule has 0 aliphatic carbocycles. The van der Waals surface area contributed by atoms with Gasteiger partial charge in [0, 0.05) is 24.0 Å². The van der Waals surface area contributed by atoms with Crippen LogP contribution in [0.5, 0.6) is 0 Å². The third-order valence-corrected chi connectivity index (χ3v) is 2.93. The summed E-state index contributed by atoms with van der Waals surface area (Å²) in [4.78, 5) is 23.0. The predicted molar refractivity (Wildman–Crippen MR) is 89.0 cm³/mol. The highest BCUT2D eigenvalue weighted by atomic mass is 16.2. The van der Waals surface area contributed by atoms with Crippen LogP contribution in [0.4, 0.5) is 17.1 Å². The van der Waals surface area contributed by atoms with E-state index >= 15 is 0 Å². The van der Waals surface area contributed by atoms with E-state index in [1.807, 2.05) is 6.07 Å². The lowest BCUT2D eigenvalue weighted by molar-refractivity contribution is -0.115. The minimum absolute atomic E-state index is 0.0935. The molecule has 6 heteroatoms. The maximum Gasteiger partial charge on any atom is 0.243 e. The van der Waals surface area contributed by atoms with Gasteiger partial charge >= 0.3 is 0 Å². The molecule has 0 saturated carbocycles. The van der Waals surface area contributed by atoms with Gasteiger partial charge in [0.25, 0.3) is 0 Å². The average molecular weight is 308 g/mol. The molecule has 0 aliphatic heterocycles. The van der Waals surface area contributed by atoms with E-state index in [4.69, 9.17) is 5.26 Å². The first-order valence-corrected chi connectivity index (χ1v) is 6.98. The van der Waals surface area contributed by atoms with E-state index in [-0.39, 0.29) is 18.4 Å². The summed E-state index contributed by atoms with van der Waals surface area (Å²) in [5.74, 6) is -0.384. The van der Waals surface area contributed by atoms with Crippen LogP contribution < -0.4 is 16.0 Å². The van der Waals surface area contributed by atoms with Crippen molar-refractivity contribution in [2.24, 2.45) is 0 Å². The molecule has 0 bridgehead atoms. The minimum Gasteiger partial charge on any atom is -0.376 e. The molecular formula is C17H16N4O2. The maximum absolute atomic E-state index is 11.9. The molecule has 0 atom stereocenters. The molecule has 2 aromatic carbocycles. The molecule has 0 radical (unpaired) electrons. The van der Waals surface area contributed by atoms with Crippen molar-refractivity contribution in [3.05, 3.63) is 54.1 Å². The van der Waals surface area contributed by atoms with Crippen molar-refractivity contribution in [3.8, 4) is 6.07 Å². The van der Waals surface area contributed by atoms with Gasteiger partial charge in [-0.05, 0) is 42.5 Å². The van der Waals surface area contributed by atoms with Crippen LogP contribution in [0.3, 0.4) is 0 Å². The zero-order valence-electron chi connectivity index (χ0n) is 12.6. The van der Waals surface area contributed by atoms with Crippen LogP contribution in [-0.2, 0) is 9.59 Å². The number of rotatable bonds is 5. The van der Waals surface area contributed by atoms with Gasteiger partial charge in [-0.25, -0.2) is 0 Å². The summed E-state index contributed by atoms with van der Waals surface area (Å²) in [7, 11) is 0. The van der Waals surface area contributed by atoms with Crippen molar-refractivity contribution in [3.63, 3.8) is 0 Å². The Balaban J connectivity index is 1.89. The Morgan fingerprint density at radius 1 is 1.00 bits per heavy atom. The molecule has 23 heavy (non-hydrogen) atoms. The van der Waals surface area contributed by atoms with Gasteiger partial charge in [0.1, 0.15) is 0 Å². The predicted octanol–water partition coefficient (Wildman–Crippen LogP) is 2.57. The van der Waals surface area contributed by atoms with E-state index in [1.54, 1.807) is 48.5 Å². The summed E-state index contributed by atoms with van der Waals surface area (Å²) in [6, 6.07) is 15.8. The van der Waals surface area contributed by atoms with Gasteiger partial charge in [0.2, 0.25) is 11.8 Å². The van der Waals surface area contributed by atoms with E-state index < -0.39 is 0 Å². The Morgan fingerprint density at radius 2 is 1.65 bits per heavy atom. The lowest BCUT2D eigenvalue weighted by atomic mass is 10.2. The van der Waals surface area contributed by atoms with Crippen LogP contribution in [0.15, 0.2) is 48.5 Å². The van der Waals surface area contributed by atoms with Gasteiger partial charge in [-0.1, -0.05) is 6.07 Å². The lowest BCUT2D eigenvalue weighted by Gasteiger charge is -2.09. The zero-order chi connectivity index (χ0) is 16.7. The number of amides is 2. The van der Waals surface area contributed by atoms with Crippen LogP contribution in [0.25, 0.3) is 0 Å². The molecule has 0 unspecified atom stereocenters. The summed E-state index contributed by atoms with van der Waals surface area (Å²) in [5.41, 5.74) is 2.54. The first kappa shape index (κ1) is 16.0. The van der Waals surface area contributed by atoms with Crippen molar-refractivity contribution in [1.82, 2.24) is 0 Å². The third-order valence-electron chi connectivity index (χ3n) is 2.93. The van der Waals surface area contributed by atoms with Crippen molar-refractivity contribution in [2.75, 3.05) is 22.5 Å². The molecule has 0 saturated heterocycles. The Bertz CT molecular complexity index is 748. The Labute approximate surface area is 134 Å². The second-order valence-corrected chi connectivity index (χ2v) is 4.85. The molecule has 0 aromatic heterocycles. The fourth-order valence-corrected chi connectivity index (χ4v) is 1.93. The molecule has 0 fully saturated rings. The highest BCUT2D eigenvalue weighted by Gasteiger charge is 2.04. The summed E-state index contributed by atoms with van der Waals surface area (Å²) in [5, 5.41) is 17.1. The van der Waals surface area contributed by atoms with E-state index in [1.165, 1.54) is 6.92 Å². The molecule has 0 aliphatic rings. The SMILES string of the molecule is CC(=O)Nc1cccc(NC(=O)CNc2ccc(C#N)cc2)c1. The number of benzene rings is 2. The van der Waals surface area contributed by atoms with E-state index in [2.05, 4.69) is 16.0 Å². The third kappa shape index (κ3) is 5.17. The number of hydrogen-bond donors (Lipinski definition) is 3. The van der Waals surface area contributed by atoms with Crippen LogP contribution in [0.1, 0.15) is 12.5 Å². The minimum atomic E-state index is -0.214. The highest BCUT2D eigenvalue weighted by Crippen LogP contribution is 2.15. The second-order valence-electron chi connectivity index (χ2n) is 4.85. The number of carbonyl (C=O) groups is 2. The molecule has 6 nitrogen and oxygen atoms in total. The number of nitriles is 1. The standard InChI is InChI=1S/C17H16N4O2/c1-12(22)20-15-3-2-4-16(9-15)21-17(23)11-19-14-7-5-13(10-18)6-8-14/h2-9,19H,11H2,1H3,(H,20,22)(H,21,23). The van der Waals surface area contributed by atoms with E-state index in [0.717, 1.165) is 5.69 Å². The van der Waals surface area contributed by atoms with E-state index in [9.17, 15) is 9.59 Å². The summed E-state index contributed by atoms with van der Waals surface area (Å²) < 4.78 is 0. The first-order valence-electron chi connectivity index (χ1n) is 6.98. The van der Waals surface area contributed by atoms with Gasteiger partial charge in [-0.2, -0.15) is 5.26 Å². The number of anilines is 3. The molecule has 2 aromatic rings. The lowest BCUT2D eigenvalue weighted by Crippen LogP contribution is -2.21. The summed E-state index contributed by atoms with van der Waals surface area (Å²) >= 11 is 0. The fraction of sp³-hybridized carbons (Fsp3) is 0.118.